The van der Waals surface area contributed by atoms with E-state index in [1.807, 2.05) is 30.3 Å². The zero-order valence-corrected chi connectivity index (χ0v) is 13.1. The minimum atomic E-state index is -0.911. The Kier molecular flexibility index (Phi) is 3.92. The van der Waals surface area contributed by atoms with Crippen molar-refractivity contribution in [2.45, 2.75) is 19.0 Å². The van der Waals surface area contributed by atoms with Gasteiger partial charge < -0.3 is 20.8 Å². The van der Waals surface area contributed by atoms with Crippen LogP contribution in [0.1, 0.15) is 16.7 Å². The summed E-state index contributed by atoms with van der Waals surface area (Å²) < 4.78 is 0. The van der Waals surface area contributed by atoms with Crippen LogP contribution in [0.3, 0.4) is 0 Å². The van der Waals surface area contributed by atoms with E-state index in [9.17, 15) is 15.0 Å². The molecular formula is C17H16N2O3S. The normalized spacial score (nSPS) is 16.2. The van der Waals surface area contributed by atoms with Gasteiger partial charge in [0.2, 0.25) is 0 Å². The molecule has 3 rings (SSSR count). The van der Waals surface area contributed by atoms with Crippen LogP contribution >= 0.6 is 12.2 Å². The van der Waals surface area contributed by atoms with Crippen molar-refractivity contribution in [3.8, 4) is 5.75 Å². The lowest BCUT2D eigenvalue weighted by molar-refractivity contribution is -0.138. The Balaban J connectivity index is 1.97. The Morgan fingerprint density at radius 2 is 2.04 bits per heavy atom. The highest BCUT2D eigenvalue weighted by molar-refractivity contribution is 7.80. The maximum absolute atomic E-state index is 11.6. The van der Waals surface area contributed by atoms with E-state index in [2.05, 4.69) is 0 Å². The minimum absolute atomic E-state index is 0.133. The number of hydrogen-bond acceptors (Lipinski definition) is 4. The fourth-order valence-corrected chi connectivity index (χ4v) is 3.08. The molecule has 0 bridgehead atoms. The number of aromatic hydroxyl groups is 1. The highest BCUT2D eigenvalue weighted by atomic mass is 32.1. The summed E-state index contributed by atoms with van der Waals surface area (Å²) in [6.07, 6.45) is 0.284. The smallest absolute Gasteiger partial charge is 0.326 e. The number of hydrogen-bond donors (Lipinski definition) is 3. The standard InChI is InChI=1S/C17H16N2O3S/c18-16(23)11-4-1-3-10(7-11)9-19-13-5-2-6-15(20)12(13)8-14(19)17(21)22/h1-7,14,20H,8-9H2,(H2,18,23)(H,21,22). The average Bonchev–Trinajstić information content (AvgIpc) is 2.88. The van der Waals surface area contributed by atoms with E-state index >= 15 is 0 Å². The molecule has 1 aliphatic rings. The zero-order valence-electron chi connectivity index (χ0n) is 12.3. The van der Waals surface area contributed by atoms with E-state index in [-0.39, 0.29) is 12.2 Å². The second kappa shape index (κ2) is 5.89. The fourth-order valence-electron chi connectivity index (χ4n) is 2.95. The predicted octanol–water partition coefficient (Wildman–Crippen LogP) is 2.04. The third-order valence-corrected chi connectivity index (χ3v) is 4.29. The van der Waals surface area contributed by atoms with Crippen LogP contribution in [0.15, 0.2) is 42.5 Å². The summed E-state index contributed by atoms with van der Waals surface area (Å²) in [7, 11) is 0. The Hall–Kier alpha value is -2.60. The van der Waals surface area contributed by atoms with Gasteiger partial charge in [-0.2, -0.15) is 0 Å². The maximum atomic E-state index is 11.6. The van der Waals surface area contributed by atoms with Crippen LogP contribution in [0.4, 0.5) is 5.69 Å². The van der Waals surface area contributed by atoms with Crippen molar-refractivity contribution in [1.29, 1.82) is 0 Å². The van der Waals surface area contributed by atoms with Crippen molar-refractivity contribution in [2.75, 3.05) is 4.90 Å². The minimum Gasteiger partial charge on any atom is -0.508 e. The molecule has 6 heteroatoms. The number of aliphatic carboxylic acids is 1. The molecule has 4 N–H and O–H groups in total. The van der Waals surface area contributed by atoms with Crippen LogP contribution in [0.25, 0.3) is 0 Å². The lowest BCUT2D eigenvalue weighted by Gasteiger charge is -2.25. The molecule has 1 atom stereocenters. The molecule has 0 saturated carbocycles. The molecule has 118 valence electrons. The molecule has 1 unspecified atom stereocenters. The highest BCUT2D eigenvalue weighted by Gasteiger charge is 2.35. The van der Waals surface area contributed by atoms with Crippen LogP contribution in [-0.4, -0.2) is 27.2 Å². The van der Waals surface area contributed by atoms with E-state index in [0.29, 0.717) is 17.1 Å². The van der Waals surface area contributed by atoms with Crippen molar-refractivity contribution in [3.05, 3.63) is 59.2 Å². The van der Waals surface area contributed by atoms with E-state index in [1.54, 1.807) is 17.0 Å². The van der Waals surface area contributed by atoms with E-state index < -0.39 is 12.0 Å². The summed E-state index contributed by atoms with van der Waals surface area (Å²) in [5.74, 6) is -0.778. The number of benzene rings is 2. The molecular weight excluding hydrogens is 312 g/mol. The molecule has 0 saturated heterocycles. The first-order valence-corrected chi connectivity index (χ1v) is 7.57. The van der Waals surface area contributed by atoms with Crippen molar-refractivity contribution in [1.82, 2.24) is 0 Å². The van der Waals surface area contributed by atoms with Crippen molar-refractivity contribution in [2.24, 2.45) is 5.73 Å². The Morgan fingerprint density at radius 3 is 2.74 bits per heavy atom. The monoisotopic (exact) mass is 328 g/mol. The number of phenols is 1. The van der Waals surface area contributed by atoms with E-state index in [0.717, 1.165) is 16.8 Å². The summed E-state index contributed by atoms with van der Waals surface area (Å²) >= 11 is 4.99. The number of carboxylic acid groups (broad SMARTS) is 1. The number of carboxylic acids is 1. The van der Waals surface area contributed by atoms with Gasteiger partial charge in [0, 0.05) is 29.8 Å². The fraction of sp³-hybridized carbons (Fsp3) is 0.176. The Labute approximate surface area is 139 Å². The first-order chi connectivity index (χ1) is 11.0. The lowest BCUT2D eigenvalue weighted by Crippen LogP contribution is -2.38. The van der Waals surface area contributed by atoms with Crippen LogP contribution in [-0.2, 0) is 17.8 Å². The van der Waals surface area contributed by atoms with E-state index in [1.165, 1.54) is 0 Å². The topological polar surface area (TPSA) is 86.8 Å². The van der Waals surface area contributed by atoms with Gasteiger partial charge in [0.05, 0.1) is 0 Å². The van der Waals surface area contributed by atoms with Gasteiger partial charge in [-0.1, -0.05) is 36.5 Å². The zero-order chi connectivity index (χ0) is 16.6. The summed E-state index contributed by atoms with van der Waals surface area (Å²) in [6, 6.07) is 11.9. The molecule has 2 aromatic carbocycles. The quantitative estimate of drug-likeness (QED) is 0.745. The molecule has 0 aliphatic carbocycles. The predicted molar refractivity (Wildman–Crippen MR) is 91.7 cm³/mol. The second-order valence-electron chi connectivity index (χ2n) is 5.53. The maximum Gasteiger partial charge on any atom is 0.326 e. The summed E-state index contributed by atoms with van der Waals surface area (Å²) in [5.41, 5.74) is 8.74. The largest absolute Gasteiger partial charge is 0.508 e. The summed E-state index contributed by atoms with van der Waals surface area (Å²) in [6.45, 7) is 0.407. The van der Waals surface area contributed by atoms with Gasteiger partial charge in [-0.15, -0.1) is 0 Å². The van der Waals surface area contributed by atoms with Gasteiger partial charge in [-0.05, 0) is 23.8 Å². The number of phenolic OH excluding ortho intramolecular Hbond substituents is 1. The van der Waals surface area contributed by atoms with Gasteiger partial charge in [-0.3, -0.25) is 0 Å². The third-order valence-electron chi connectivity index (χ3n) is 4.06. The lowest BCUT2D eigenvalue weighted by atomic mass is 10.1. The molecule has 1 heterocycles. The van der Waals surface area contributed by atoms with Crippen LogP contribution in [0, 0.1) is 0 Å². The van der Waals surface area contributed by atoms with Crippen molar-refractivity contribution < 1.29 is 15.0 Å². The number of nitrogens with two attached hydrogens (primary N) is 1. The average molecular weight is 328 g/mol. The second-order valence-corrected chi connectivity index (χ2v) is 5.97. The van der Waals surface area contributed by atoms with Crippen LogP contribution in [0.2, 0.25) is 0 Å². The number of carbonyl (C=O) groups is 1. The number of fused-ring (bicyclic) bond motifs is 1. The molecule has 0 spiro atoms. The number of thiocarbonyl (C=S) groups is 1. The van der Waals surface area contributed by atoms with Gasteiger partial charge >= 0.3 is 5.97 Å². The molecule has 0 fully saturated rings. The summed E-state index contributed by atoms with van der Waals surface area (Å²) in [5, 5.41) is 19.5. The van der Waals surface area contributed by atoms with Gasteiger partial charge in [0.15, 0.2) is 0 Å². The Bertz CT molecular complexity index is 791. The molecule has 2 aromatic rings. The number of nitrogens with zero attached hydrogens (tertiary/aromatic N) is 1. The summed E-state index contributed by atoms with van der Waals surface area (Å²) in [4.78, 5) is 13.7. The van der Waals surface area contributed by atoms with Crippen LogP contribution < -0.4 is 10.6 Å². The number of rotatable bonds is 4. The molecule has 0 amide bonds. The van der Waals surface area contributed by atoms with Gasteiger partial charge in [0.25, 0.3) is 0 Å². The van der Waals surface area contributed by atoms with Crippen molar-refractivity contribution in [3.63, 3.8) is 0 Å². The molecule has 23 heavy (non-hydrogen) atoms. The first-order valence-electron chi connectivity index (χ1n) is 7.16. The van der Waals surface area contributed by atoms with Crippen LogP contribution in [0.5, 0.6) is 5.75 Å². The SMILES string of the molecule is NC(=S)c1cccc(CN2c3cccc(O)c3CC2C(=O)O)c1. The molecule has 1 aliphatic heterocycles. The molecule has 5 nitrogen and oxygen atoms in total. The molecule has 0 radical (unpaired) electrons. The molecule has 0 aromatic heterocycles. The van der Waals surface area contributed by atoms with Gasteiger partial charge in [0.1, 0.15) is 16.8 Å². The number of anilines is 1. The van der Waals surface area contributed by atoms with Crippen molar-refractivity contribution >= 4 is 28.9 Å². The highest BCUT2D eigenvalue weighted by Crippen LogP contribution is 2.38. The Morgan fingerprint density at radius 1 is 1.30 bits per heavy atom. The third kappa shape index (κ3) is 2.85. The van der Waals surface area contributed by atoms with E-state index in [4.69, 9.17) is 18.0 Å². The first kappa shape index (κ1) is 15.3. The van der Waals surface area contributed by atoms with Gasteiger partial charge in [-0.25, -0.2) is 4.79 Å².